The molecule has 0 saturated heterocycles. The Kier molecular flexibility index (Phi) is 3.15. The second kappa shape index (κ2) is 4.93. The van der Waals surface area contributed by atoms with Crippen molar-refractivity contribution in [3.8, 4) is 5.88 Å². The van der Waals surface area contributed by atoms with Gasteiger partial charge in [-0.25, -0.2) is 14.7 Å². The molecule has 0 fully saturated rings. The number of carbonyl (C=O) groups excluding carboxylic acids is 1. The number of carbonyl (C=O) groups is 1. The van der Waals surface area contributed by atoms with Crippen LogP contribution in [-0.2, 0) is 4.89 Å². The van der Waals surface area contributed by atoms with Gasteiger partial charge in [0.05, 0.1) is 18.0 Å². The molecule has 2 rings (SSSR count). The summed E-state index contributed by atoms with van der Waals surface area (Å²) in [6.07, 6.45) is 2.21. The zero-order chi connectivity index (χ0) is 12.1. The van der Waals surface area contributed by atoms with Crippen LogP contribution < -0.4 is 10.4 Å². The van der Waals surface area contributed by atoms with Gasteiger partial charge in [0, 0.05) is 0 Å². The van der Waals surface area contributed by atoms with E-state index in [1.807, 2.05) is 0 Å². The van der Waals surface area contributed by atoms with Crippen molar-refractivity contribution in [2.45, 2.75) is 0 Å². The highest BCUT2D eigenvalue weighted by molar-refractivity contribution is 5.88. The molecule has 0 bridgehead atoms. The molecule has 0 unspecified atom stereocenters. The minimum Gasteiger partial charge on any atom is -0.322 e. The molecule has 0 atom stereocenters. The van der Waals surface area contributed by atoms with Gasteiger partial charge in [-0.05, 0) is 12.1 Å². The lowest BCUT2D eigenvalue weighted by Crippen LogP contribution is -2.11. The highest BCUT2D eigenvalue weighted by Gasteiger charge is 2.08. The summed E-state index contributed by atoms with van der Waals surface area (Å²) in [6.45, 7) is 0. The van der Waals surface area contributed by atoms with Gasteiger partial charge in [-0.1, -0.05) is 18.2 Å². The Morgan fingerprint density at radius 3 is 2.65 bits per heavy atom. The number of nitrogens with one attached hydrogen (secondary N) is 1. The zero-order valence-electron chi connectivity index (χ0n) is 8.62. The molecule has 0 aliphatic rings. The van der Waals surface area contributed by atoms with E-state index in [-0.39, 0.29) is 11.4 Å². The van der Waals surface area contributed by atoms with Gasteiger partial charge in [0.2, 0.25) is 0 Å². The van der Waals surface area contributed by atoms with Crippen LogP contribution >= 0.6 is 0 Å². The normalized spacial score (nSPS) is 9.65. The van der Waals surface area contributed by atoms with Crippen LogP contribution in [0.3, 0.4) is 0 Å². The Labute approximate surface area is 95.8 Å². The van der Waals surface area contributed by atoms with Crippen molar-refractivity contribution < 1.29 is 14.6 Å². The topological polar surface area (TPSA) is 81.3 Å². The highest BCUT2D eigenvalue weighted by Crippen LogP contribution is 2.04. The first-order chi connectivity index (χ1) is 8.25. The molecule has 0 radical (unpaired) electrons. The van der Waals surface area contributed by atoms with Crippen molar-refractivity contribution >= 4 is 5.97 Å². The van der Waals surface area contributed by atoms with Crippen LogP contribution in [0.1, 0.15) is 10.4 Å². The molecule has 1 N–H and O–H groups in total. The third-order valence-corrected chi connectivity index (χ3v) is 1.86. The number of aromatic amines is 1. The fraction of sp³-hybridized carbons (Fsp3) is 0. The predicted molar refractivity (Wildman–Crippen MR) is 57.3 cm³/mol. The fourth-order valence-electron chi connectivity index (χ4n) is 1.08. The summed E-state index contributed by atoms with van der Waals surface area (Å²) in [5.74, 6) is -0.646. The number of hydrogen-bond donors (Lipinski definition) is 1. The second-order valence-electron chi connectivity index (χ2n) is 3.07. The van der Waals surface area contributed by atoms with Crippen LogP contribution in [0.25, 0.3) is 0 Å². The lowest BCUT2D eigenvalue weighted by molar-refractivity contribution is -0.153. The van der Waals surface area contributed by atoms with Gasteiger partial charge in [0.25, 0.3) is 11.4 Å². The minimum atomic E-state index is -0.640. The van der Waals surface area contributed by atoms with Gasteiger partial charge in [0.1, 0.15) is 0 Å². The van der Waals surface area contributed by atoms with Gasteiger partial charge < -0.3 is 4.98 Å². The molecule has 0 spiro atoms. The van der Waals surface area contributed by atoms with E-state index >= 15 is 0 Å². The third kappa shape index (κ3) is 2.91. The maximum Gasteiger partial charge on any atom is 0.386 e. The van der Waals surface area contributed by atoms with Gasteiger partial charge in [-0.2, -0.15) is 0 Å². The average molecular weight is 232 g/mol. The van der Waals surface area contributed by atoms with Crippen molar-refractivity contribution in [3.05, 3.63) is 58.6 Å². The van der Waals surface area contributed by atoms with Crippen molar-refractivity contribution in [1.82, 2.24) is 9.97 Å². The van der Waals surface area contributed by atoms with Crippen LogP contribution in [-0.4, -0.2) is 15.9 Å². The molecular formula is C11H8N2O4. The van der Waals surface area contributed by atoms with Gasteiger partial charge in [-0.3, -0.25) is 9.68 Å². The lowest BCUT2D eigenvalue weighted by Gasteiger charge is -2.02. The van der Waals surface area contributed by atoms with E-state index in [1.54, 1.807) is 30.3 Å². The van der Waals surface area contributed by atoms with E-state index in [9.17, 15) is 9.59 Å². The van der Waals surface area contributed by atoms with Crippen molar-refractivity contribution in [2.75, 3.05) is 0 Å². The zero-order valence-corrected chi connectivity index (χ0v) is 8.62. The van der Waals surface area contributed by atoms with Crippen LogP contribution in [0, 0.1) is 0 Å². The van der Waals surface area contributed by atoms with E-state index in [1.165, 1.54) is 6.20 Å². The number of nitrogens with zero attached hydrogens (tertiary/aromatic N) is 1. The number of aromatic nitrogens is 2. The Hall–Kier alpha value is -2.63. The van der Waals surface area contributed by atoms with Crippen LogP contribution in [0.4, 0.5) is 0 Å². The molecule has 2 aromatic rings. The first-order valence-corrected chi connectivity index (χ1v) is 4.74. The molecule has 0 amide bonds. The molecule has 86 valence electrons. The molecule has 1 aromatic heterocycles. The molecule has 6 nitrogen and oxygen atoms in total. The largest absolute Gasteiger partial charge is 0.386 e. The molecule has 1 aromatic carbocycles. The lowest BCUT2D eigenvalue weighted by atomic mass is 10.2. The number of benzene rings is 1. The standard InChI is InChI=1S/C11H8N2O4/c14-9-6-13-10(7-12-9)16-17-11(15)8-4-2-1-3-5-8/h1-7H,(H,12,14). The first kappa shape index (κ1) is 10.9. The van der Waals surface area contributed by atoms with Crippen LogP contribution in [0.15, 0.2) is 47.5 Å². The van der Waals surface area contributed by atoms with Gasteiger partial charge >= 0.3 is 5.97 Å². The summed E-state index contributed by atoms with van der Waals surface area (Å²) >= 11 is 0. The summed E-state index contributed by atoms with van der Waals surface area (Å²) in [7, 11) is 0. The number of rotatable bonds is 3. The average Bonchev–Trinajstić information content (AvgIpc) is 2.39. The molecular weight excluding hydrogens is 224 g/mol. The van der Waals surface area contributed by atoms with Crippen LogP contribution in [0.5, 0.6) is 5.88 Å². The van der Waals surface area contributed by atoms with E-state index in [0.717, 1.165) is 6.20 Å². The predicted octanol–water partition coefficient (Wildman–Crippen LogP) is 0.921. The molecule has 0 aliphatic carbocycles. The Balaban J connectivity index is 1.97. The fourth-order valence-corrected chi connectivity index (χ4v) is 1.08. The minimum absolute atomic E-state index is 0.00567. The van der Waals surface area contributed by atoms with E-state index < -0.39 is 5.97 Å². The molecule has 0 aliphatic heterocycles. The van der Waals surface area contributed by atoms with Crippen molar-refractivity contribution in [3.63, 3.8) is 0 Å². The quantitative estimate of drug-likeness (QED) is 0.628. The smallest absolute Gasteiger partial charge is 0.322 e. The number of H-pyrrole nitrogens is 1. The summed E-state index contributed by atoms with van der Waals surface area (Å²) < 4.78 is 0. The maximum absolute atomic E-state index is 11.4. The molecule has 0 saturated carbocycles. The van der Waals surface area contributed by atoms with E-state index in [0.29, 0.717) is 5.56 Å². The first-order valence-electron chi connectivity index (χ1n) is 4.74. The molecule has 1 heterocycles. The van der Waals surface area contributed by atoms with Crippen molar-refractivity contribution in [1.29, 1.82) is 0 Å². The van der Waals surface area contributed by atoms with E-state index in [2.05, 4.69) is 19.7 Å². The highest BCUT2D eigenvalue weighted by atomic mass is 17.2. The van der Waals surface area contributed by atoms with Gasteiger partial charge in [-0.15, -0.1) is 0 Å². The summed E-state index contributed by atoms with van der Waals surface area (Å²) in [6, 6.07) is 8.36. The Bertz CT molecular complexity index is 545. The second-order valence-corrected chi connectivity index (χ2v) is 3.07. The maximum atomic E-state index is 11.4. The monoisotopic (exact) mass is 232 g/mol. The molecule has 6 heteroatoms. The number of hydrogen-bond acceptors (Lipinski definition) is 5. The summed E-state index contributed by atoms with van der Waals surface area (Å²) in [4.78, 5) is 37.2. The third-order valence-electron chi connectivity index (χ3n) is 1.86. The molecule has 17 heavy (non-hydrogen) atoms. The van der Waals surface area contributed by atoms with E-state index in [4.69, 9.17) is 0 Å². The van der Waals surface area contributed by atoms with Gasteiger partial charge in [0.15, 0.2) is 0 Å². The summed E-state index contributed by atoms with van der Waals surface area (Å²) in [5.41, 5.74) is -0.0105. The SMILES string of the molecule is O=C(OOc1c[nH]c(=O)cn1)c1ccccc1. The summed E-state index contributed by atoms with van der Waals surface area (Å²) in [5, 5.41) is 0. The van der Waals surface area contributed by atoms with Crippen LogP contribution in [0.2, 0.25) is 0 Å². The Morgan fingerprint density at radius 1 is 1.24 bits per heavy atom. The Morgan fingerprint density at radius 2 is 2.00 bits per heavy atom. The van der Waals surface area contributed by atoms with Crippen molar-refractivity contribution in [2.24, 2.45) is 0 Å².